The summed E-state index contributed by atoms with van der Waals surface area (Å²) in [5.74, 6) is 0. The first-order valence-corrected chi connectivity index (χ1v) is 8.27. The van der Waals surface area contributed by atoms with Crippen LogP contribution in [0.25, 0.3) is 11.1 Å². The van der Waals surface area contributed by atoms with Crippen molar-refractivity contribution in [3.63, 3.8) is 0 Å². The van der Waals surface area contributed by atoms with Gasteiger partial charge in [0.1, 0.15) is 0 Å². The predicted molar refractivity (Wildman–Crippen MR) is 90.6 cm³/mol. The van der Waals surface area contributed by atoms with Crippen molar-refractivity contribution in [3.8, 4) is 11.1 Å². The van der Waals surface area contributed by atoms with Crippen molar-refractivity contribution in [2.45, 2.75) is 45.6 Å². The first-order valence-electron chi connectivity index (χ1n) is 8.27. The maximum absolute atomic E-state index is 3.54. The molecule has 0 saturated heterocycles. The minimum Gasteiger partial charge on any atom is -0.310 e. The molecule has 0 amide bonds. The molecular formula is C20H25N. The van der Waals surface area contributed by atoms with Crippen LogP contribution in [0.2, 0.25) is 0 Å². The van der Waals surface area contributed by atoms with Gasteiger partial charge in [0.15, 0.2) is 0 Å². The molecular weight excluding hydrogens is 254 g/mol. The molecule has 21 heavy (non-hydrogen) atoms. The molecule has 1 atom stereocenters. The van der Waals surface area contributed by atoms with Crippen molar-refractivity contribution in [2.24, 2.45) is 0 Å². The topological polar surface area (TPSA) is 12.0 Å². The van der Waals surface area contributed by atoms with Gasteiger partial charge in [0.25, 0.3) is 0 Å². The smallest absolute Gasteiger partial charge is 0.0317 e. The first kappa shape index (κ1) is 14.3. The zero-order valence-corrected chi connectivity index (χ0v) is 13.2. The molecule has 2 aromatic carbocycles. The van der Waals surface area contributed by atoms with E-state index in [1.54, 1.807) is 11.1 Å². The Morgan fingerprint density at radius 3 is 2.33 bits per heavy atom. The van der Waals surface area contributed by atoms with Crippen LogP contribution in [0, 0.1) is 0 Å². The van der Waals surface area contributed by atoms with E-state index in [0.29, 0.717) is 6.04 Å². The van der Waals surface area contributed by atoms with Gasteiger partial charge >= 0.3 is 0 Å². The largest absolute Gasteiger partial charge is 0.310 e. The molecule has 0 fully saturated rings. The highest BCUT2D eigenvalue weighted by Gasteiger charge is 2.12. The molecule has 1 unspecified atom stereocenters. The zero-order chi connectivity index (χ0) is 14.7. The Balaban J connectivity index is 1.83. The van der Waals surface area contributed by atoms with Crippen molar-refractivity contribution in [1.82, 2.24) is 5.32 Å². The average Bonchev–Trinajstić information content (AvgIpc) is 3.00. The molecule has 1 heteroatoms. The minimum atomic E-state index is 0.476. The fraction of sp³-hybridized carbons (Fsp3) is 0.400. The molecule has 1 nitrogen and oxygen atoms in total. The van der Waals surface area contributed by atoms with Gasteiger partial charge in [-0.2, -0.15) is 0 Å². The van der Waals surface area contributed by atoms with Crippen LogP contribution in [0.15, 0.2) is 42.5 Å². The lowest BCUT2D eigenvalue weighted by Gasteiger charge is -2.16. The van der Waals surface area contributed by atoms with E-state index in [9.17, 15) is 0 Å². The van der Waals surface area contributed by atoms with Crippen LogP contribution in [0.3, 0.4) is 0 Å². The highest BCUT2D eigenvalue weighted by molar-refractivity contribution is 5.65. The summed E-state index contributed by atoms with van der Waals surface area (Å²) < 4.78 is 0. The van der Waals surface area contributed by atoms with Gasteiger partial charge in [-0.15, -0.1) is 0 Å². The van der Waals surface area contributed by atoms with E-state index < -0.39 is 0 Å². The Bertz CT molecular complexity index is 598. The van der Waals surface area contributed by atoms with Crippen LogP contribution in [-0.2, 0) is 12.8 Å². The molecule has 1 aliphatic rings. The second-order valence-electron chi connectivity index (χ2n) is 5.98. The Hall–Kier alpha value is -1.60. The summed E-state index contributed by atoms with van der Waals surface area (Å²) in [6.45, 7) is 5.42. The summed E-state index contributed by atoms with van der Waals surface area (Å²) >= 11 is 0. The third-order valence-corrected chi connectivity index (χ3v) is 4.60. The number of hydrogen-bond donors (Lipinski definition) is 1. The molecule has 110 valence electrons. The third kappa shape index (κ3) is 3.03. The molecule has 3 rings (SSSR count). The van der Waals surface area contributed by atoms with E-state index in [1.807, 2.05) is 0 Å². The number of nitrogens with one attached hydrogen (secondary N) is 1. The molecule has 1 N–H and O–H groups in total. The van der Waals surface area contributed by atoms with Crippen LogP contribution < -0.4 is 5.32 Å². The van der Waals surface area contributed by atoms with Crippen molar-refractivity contribution < 1.29 is 0 Å². The van der Waals surface area contributed by atoms with E-state index in [1.165, 1.54) is 36.0 Å². The maximum Gasteiger partial charge on any atom is 0.0317 e. The highest BCUT2D eigenvalue weighted by Crippen LogP contribution is 2.29. The standard InChI is InChI=1S/C20H25N/c1-3-20(21-4-2)17-11-8-16(9-12-17)19-13-10-15-6-5-7-18(15)14-19/h8-14,20-21H,3-7H2,1-2H3. The minimum absolute atomic E-state index is 0.476. The van der Waals surface area contributed by atoms with Crippen LogP contribution in [-0.4, -0.2) is 6.54 Å². The quantitative estimate of drug-likeness (QED) is 0.820. The van der Waals surface area contributed by atoms with E-state index in [-0.39, 0.29) is 0 Å². The number of rotatable bonds is 5. The van der Waals surface area contributed by atoms with Gasteiger partial charge < -0.3 is 5.32 Å². The fourth-order valence-electron chi connectivity index (χ4n) is 3.40. The van der Waals surface area contributed by atoms with E-state index in [0.717, 1.165) is 13.0 Å². The Morgan fingerprint density at radius 2 is 1.62 bits per heavy atom. The van der Waals surface area contributed by atoms with E-state index in [2.05, 4.69) is 61.6 Å². The van der Waals surface area contributed by atoms with Gasteiger partial charge in [0, 0.05) is 6.04 Å². The van der Waals surface area contributed by atoms with Crippen LogP contribution in [0.1, 0.15) is 49.4 Å². The van der Waals surface area contributed by atoms with E-state index in [4.69, 9.17) is 0 Å². The number of hydrogen-bond acceptors (Lipinski definition) is 1. The molecule has 0 bridgehead atoms. The number of fused-ring (bicyclic) bond motifs is 1. The predicted octanol–water partition coefficient (Wildman–Crippen LogP) is 4.90. The van der Waals surface area contributed by atoms with Gasteiger partial charge in [0.2, 0.25) is 0 Å². The summed E-state index contributed by atoms with van der Waals surface area (Å²) in [5, 5.41) is 3.54. The zero-order valence-electron chi connectivity index (χ0n) is 13.2. The van der Waals surface area contributed by atoms with Gasteiger partial charge in [-0.1, -0.05) is 56.3 Å². The third-order valence-electron chi connectivity index (χ3n) is 4.60. The average molecular weight is 279 g/mol. The molecule has 0 heterocycles. The summed E-state index contributed by atoms with van der Waals surface area (Å²) in [6.07, 6.45) is 4.96. The fourth-order valence-corrected chi connectivity index (χ4v) is 3.40. The van der Waals surface area contributed by atoms with Crippen molar-refractivity contribution >= 4 is 0 Å². The molecule has 0 spiro atoms. The molecule has 1 aliphatic carbocycles. The van der Waals surface area contributed by atoms with Crippen LogP contribution in [0.5, 0.6) is 0 Å². The first-order chi connectivity index (χ1) is 10.3. The normalized spacial score (nSPS) is 15.0. The van der Waals surface area contributed by atoms with Crippen LogP contribution >= 0.6 is 0 Å². The Kier molecular flexibility index (Phi) is 4.40. The SMILES string of the molecule is CCNC(CC)c1ccc(-c2ccc3c(c2)CCC3)cc1. The van der Waals surface area contributed by atoms with Crippen molar-refractivity contribution in [3.05, 3.63) is 59.2 Å². The molecule has 0 aromatic heterocycles. The monoisotopic (exact) mass is 279 g/mol. The van der Waals surface area contributed by atoms with Crippen molar-refractivity contribution in [2.75, 3.05) is 6.54 Å². The van der Waals surface area contributed by atoms with Crippen molar-refractivity contribution in [1.29, 1.82) is 0 Å². The molecule has 0 aliphatic heterocycles. The van der Waals surface area contributed by atoms with Crippen LogP contribution in [0.4, 0.5) is 0 Å². The molecule has 2 aromatic rings. The highest BCUT2D eigenvalue weighted by atomic mass is 14.9. The molecule has 0 radical (unpaired) electrons. The number of aryl methyl sites for hydroxylation is 2. The molecule has 0 saturated carbocycles. The second kappa shape index (κ2) is 6.44. The Morgan fingerprint density at radius 1 is 0.905 bits per heavy atom. The lowest BCUT2D eigenvalue weighted by atomic mass is 9.97. The summed E-state index contributed by atoms with van der Waals surface area (Å²) in [7, 11) is 0. The van der Waals surface area contributed by atoms with Gasteiger partial charge in [-0.05, 0) is 60.0 Å². The summed E-state index contributed by atoms with van der Waals surface area (Å²) in [6, 6.07) is 16.6. The lowest BCUT2D eigenvalue weighted by Crippen LogP contribution is -2.19. The lowest BCUT2D eigenvalue weighted by molar-refractivity contribution is 0.537. The summed E-state index contributed by atoms with van der Waals surface area (Å²) in [4.78, 5) is 0. The summed E-state index contributed by atoms with van der Waals surface area (Å²) in [5.41, 5.74) is 7.19. The van der Waals surface area contributed by atoms with Gasteiger partial charge in [-0.25, -0.2) is 0 Å². The Labute approximate surface area is 128 Å². The van der Waals surface area contributed by atoms with E-state index >= 15 is 0 Å². The van der Waals surface area contributed by atoms with Gasteiger partial charge in [-0.3, -0.25) is 0 Å². The maximum atomic E-state index is 3.54. The second-order valence-corrected chi connectivity index (χ2v) is 5.98. The number of benzene rings is 2. The van der Waals surface area contributed by atoms with Gasteiger partial charge in [0.05, 0.1) is 0 Å².